The van der Waals surface area contributed by atoms with E-state index >= 15 is 0 Å². The van der Waals surface area contributed by atoms with Gasteiger partial charge in [0.25, 0.3) is 5.91 Å². The van der Waals surface area contributed by atoms with Gasteiger partial charge in [0.2, 0.25) is 0 Å². The molecule has 1 amide bonds. The highest BCUT2D eigenvalue weighted by Crippen LogP contribution is 2.10. The first-order valence-corrected chi connectivity index (χ1v) is 6.78. The van der Waals surface area contributed by atoms with Crippen molar-refractivity contribution in [2.45, 2.75) is 13.0 Å². The lowest BCUT2D eigenvalue weighted by Gasteiger charge is -2.12. The largest absolute Gasteiger partial charge is 0.399 e. The normalized spacial score (nSPS) is 14.1. The van der Waals surface area contributed by atoms with Gasteiger partial charge in [-0.1, -0.05) is 0 Å². The highest BCUT2D eigenvalue weighted by molar-refractivity contribution is 7.84. The molecule has 1 rings (SSSR count). The average molecular weight is 258 g/mol. The first-order chi connectivity index (χ1) is 7.88. The van der Waals surface area contributed by atoms with E-state index in [0.717, 1.165) is 12.1 Å². The van der Waals surface area contributed by atoms with Gasteiger partial charge in [-0.25, -0.2) is 4.39 Å². The van der Waals surface area contributed by atoms with Crippen LogP contribution in [0, 0.1) is 5.82 Å². The molecule has 0 aliphatic carbocycles. The lowest BCUT2D eigenvalue weighted by Crippen LogP contribution is -2.36. The van der Waals surface area contributed by atoms with Crippen molar-refractivity contribution in [1.82, 2.24) is 5.32 Å². The fraction of sp³-hybridized carbons (Fsp3) is 0.364. The van der Waals surface area contributed by atoms with Crippen LogP contribution in [0.4, 0.5) is 10.1 Å². The third kappa shape index (κ3) is 4.52. The number of carbonyl (C=O) groups excluding carboxylic acids is 1. The second-order valence-electron chi connectivity index (χ2n) is 3.89. The summed E-state index contributed by atoms with van der Waals surface area (Å²) in [5.74, 6) is -0.618. The van der Waals surface area contributed by atoms with Crippen LogP contribution in [0.5, 0.6) is 0 Å². The van der Waals surface area contributed by atoms with E-state index < -0.39 is 22.5 Å². The van der Waals surface area contributed by atoms with Gasteiger partial charge in [0, 0.05) is 40.1 Å². The minimum absolute atomic E-state index is 0.163. The fourth-order valence-corrected chi connectivity index (χ4v) is 2.23. The summed E-state index contributed by atoms with van der Waals surface area (Å²) >= 11 is 0. The Morgan fingerprint density at radius 2 is 2.18 bits per heavy atom. The molecule has 3 N–H and O–H groups in total. The number of hydrogen-bond acceptors (Lipinski definition) is 3. The molecule has 2 unspecified atom stereocenters. The molecule has 6 heteroatoms. The standard InChI is InChI=1S/C11H15FN2O2S/c1-7(6-17(2)16)14-11(15)8-3-9(12)5-10(13)4-8/h3-5,7H,6,13H2,1-2H3,(H,14,15). The van der Waals surface area contributed by atoms with Crippen molar-refractivity contribution in [1.29, 1.82) is 0 Å². The molecule has 1 aromatic carbocycles. The number of nitrogens with one attached hydrogen (secondary N) is 1. The van der Waals surface area contributed by atoms with Gasteiger partial charge in [-0.05, 0) is 25.1 Å². The number of halogens is 1. The predicted molar refractivity (Wildman–Crippen MR) is 66.7 cm³/mol. The Kier molecular flexibility index (Phi) is 4.62. The first-order valence-electron chi connectivity index (χ1n) is 5.05. The third-order valence-electron chi connectivity index (χ3n) is 2.04. The van der Waals surface area contributed by atoms with Crippen molar-refractivity contribution in [2.24, 2.45) is 0 Å². The number of rotatable bonds is 4. The molecule has 0 aliphatic heterocycles. The molecule has 0 fully saturated rings. The molecule has 17 heavy (non-hydrogen) atoms. The maximum atomic E-state index is 13.0. The zero-order valence-corrected chi connectivity index (χ0v) is 10.5. The van der Waals surface area contributed by atoms with Crippen molar-refractivity contribution < 1.29 is 13.4 Å². The Morgan fingerprint density at radius 1 is 1.53 bits per heavy atom. The van der Waals surface area contributed by atoms with E-state index in [0.29, 0.717) is 5.75 Å². The summed E-state index contributed by atoms with van der Waals surface area (Å²) in [6.45, 7) is 1.74. The molecule has 2 atom stereocenters. The number of nitrogens with two attached hydrogens (primary N) is 1. The summed E-state index contributed by atoms with van der Waals surface area (Å²) < 4.78 is 24.0. The van der Waals surface area contributed by atoms with Crippen LogP contribution in [0.2, 0.25) is 0 Å². The van der Waals surface area contributed by atoms with E-state index in [1.807, 2.05) is 0 Å². The maximum Gasteiger partial charge on any atom is 0.251 e. The molecule has 0 aromatic heterocycles. The molecule has 0 heterocycles. The van der Waals surface area contributed by atoms with E-state index in [2.05, 4.69) is 5.32 Å². The molecular formula is C11H15FN2O2S. The lowest BCUT2D eigenvalue weighted by atomic mass is 10.1. The molecule has 4 nitrogen and oxygen atoms in total. The fourth-order valence-electron chi connectivity index (χ4n) is 1.44. The topological polar surface area (TPSA) is 72.2 Å². The first kappa shape index (κ1) is 13.6. The zero-order valence-electron chi connectivity index (χ0n) is 9.70. The van der Waals surface area contributed by atoms with Gasteiger partial charge >= 0.3 is 0 Å². The van der Waals surface area contributed by atoms with Crippen molar-refractivity contribution >= 4 is 22.4 Å². The Morgan fingerprint density at radius 3 is 2.71 bits per heavy atom. The molecule has 0 spiro atoms. The van der Waals surface area contributed by atoms with Gasteiger partial charge in [0.1, 0.15) is 5.82 Å². The summed E-state index contributed by atoms with van der Waals surface area (Å²) in [5.41, 5.74) is 5.80. The molecule has 0 saturated heterocycles. The second kappa shape index (κ2) is 5.77. The van der Waals surface area contributed by atoms with Crippen molar-refractivity contribution in [3.05, 3.63) is 29.6 Å². The van der Waals surface area contributed by atoms with Gasteiger partial charge in [-0.3, -0.25) is 9.00 Å². The van der Waals surface area contributed by atoms with Gasteiger partial charge in [0.05, 0.1) is 0 Å². The Bertz CT molecular complexity index is 431. The second-order valence-corrected chi connectivity index (χ2v) is 5.37. The molecule has 1 aromatic rings. The minimum Gasteiger partial charge on any atom is -0.399 e. The Labute approximate surface area is 102 Å². The van der Waals surface area contributed by atoms with Crippen molar-refractivity contribution in [3.63, 3.8) is 0 Å². The van der Waals surface area contributed by atoms with Crippen molar-refractivity contribution in [3.8, 4) is 0 Å². The number of benzene rings is 1. The van der Waals surface area contributed by atoms with Gasteiger partial charge in [0.15, 0.2) is 0 Å². The quantitative estimate of drug-likeness (QED) is 0.788. The van der Waals surface area contributed by atoms with Crippen LogP contribution in [-0.2, 0) is 10.8 Å². The third-order valence-corrected chi connectivity index (χ3v) is 3.01. The SMILES string of the molecule is CC(CS(C)=O)NC(=O)c1cc(N)cc(F)c1. The highest BCUT2D eigenvalue weighted by Gasteiger charge is 2.12. The lowest BCUT2D eigenvalue weighted by molar-refractivity contribution is 0.0943. The van der Waals surface area contributed by atoms with E-state index in [-0.39, 0.29) is 17.3 Å². The predicted octanol–water partition coefficient (Wildman–Crippen LogP) is 0.905. The van der Waals surface area contributed by atoms with Crippen LogP contribution < -0.4 is 11.1 Å². The van der Waals surface area contributed by atoms with Crippen LogP contribution in [-0.4, -0.2) is 28.2 Å². The number of nitrogen functional groups attached to an aromatic ring is 1. The van der Waals surface area contributed by atoms with Gasteiger partial charge in [-0.15, -0.1) is 0 Å². The molecule has 0 aliphatic rings. The number of amides is 1. The molecular weight excluding hydrogens is 243 g/mol. The molecule has 0 radical (unpaired) electrons. The smallest absolute Gasteiger partial charge is 0.251 e. The zero-order chi connectivity index (χ0) is 13.0. The van der Waals surface area contributed by atoms with E-state index in [1.54, 1.807) is 13.2 Å². The Balaban J connectivity index is 2.72. The van der Waals surface area contributed by atoms with E-state index in [4.69, 9.17) is 5.73 Å². The van der Waals surface area contributed by atoms with Gasteiger partial charge in [-0.2, -0.15) is 0 Å². The van der Waals surface area contributed by atoms with Gasteiger partial charge < -0.3 is 11.1 Å². The summed E-state index contributed by atoms with van der Waals surface area (Å²) in [4.78, 5) is 11.7. The molecule has 94 valence electrons. The van der Waals surface area contributed by atoms with E-state index in [1.165, 1.54) is 6.07 Å². The summed E-state index contributed by atoms with van der Waals surface area (Å²) in [6.07, 6.45) is 1.56. The highest BCUT2D eigenvalue weighted by atomic mass is 32.2. The molecule has 0 bridgehead atoms. The number of anilines is 1. The maximum absolute atomic E-state index is 13.0. The summed E-state index contributed by atoms with van der Waals surface area (Å²) in [6, 6.07) is 3.41. The number of hydrogen-bond donors (Lipinski definition) is 2. The monoisotopic (exact) mass is 258 g/mol. The molecule has 0 saturated carbocycles. The van der Waals surface area contributed by atoms with Crippen molar-refractivity contribution in [2.75, 3.05) is 17.7 Å². The summed E-state index contributed by atoms with van der Waals surface area (Å²) in [7, 11) is -0.991. The van der Waals surface area contributed by atoms with Crippen LogP contribution in [0.15, 0.2) is 18.2 Å². The van der Waals surface area contributed by atoms with Crippen LogP contribution in [0.25, 0.3) is 0 Å². The summed E-state index contributed by atoms with van der Waals surface area (Å²) in [5, 5.41) is 2.63. The van der Waals surface area contributed by atoms with Crippen LogP contribution >= 0.6 is 0 Å². The minimum atomic E-state index is -0.991. The Hall–Kier alpha value is -1.43. The van der Waals surface area contributed by atoms with Crippen LogP contribution in [0.3, 0.4) is 0 Å². The average Bonchev–Trinajstić information content (AvgIpc) is 2.14. The number of carbonyl (C=O) groups is 1. The van der Waals surface area contributed by atoms with E-state index in [9.17, 15) is 13.4 Å². The van der Waals surface area contributed by atoms with Crippen LogP contribution in [0.1, 0.15) is 17.3 Å².